The number of ether oxygens (including phenoxy) is 1. The molecule has 0 aromatic heterocycles. The normalized spacial score (nSPS) is 16.7. The van der Waals surface area contributed by atoms with Gasteiger partial charge in [-0.25, -0.2) is 4.39 Å². The predicted molar refractivity (Wildman–Crippen MR) is 142 cm³/mol. The summed E-state index contributed by atoms with van der Waals surface area (Å²) in [6, 6.07) is 10.3. The van der Waals surface area contributed by atoms with Crippen LogP contribution in [0.4, 0.5) is 15.8 Å². The van der Waals surface area contributed by atoms with Crippen LogP contribution in [-0.2, 0) is 15.0 Å². The number of carbonyl (C=O) groups is 2. The molecule has 1 fully saturated rings. The molecule has 1 saturated carbocycles. The van der Waals surface area contributed by atoms with E-state index in [0.29, 0.717) is 35.4 Å². The van der Waals surface area contributed by atoms with Gasteiger partial charge in [0.2, 0.25) is 0 Å². The van der Waals surface area contributed by atoms with Gasteiger partial charge in [0.15, 0.2) is 0 Å². The summed E-state index contributed by atoms with van der Waals surface area (Å²) in [6.45, 7) is 6.39. The maximum absolute atomic E-state index is 14.7. The molecule has 5 nitrogen and oxygen atoms in total. The van der Waals surface area contributed by atoms with Crippen LogP contribution in [0, 0.1) is 5.82 Å². The molecule has 0 unspecified atom stereocenters. The molecule has 2 N–H and O–H groups in total. The second-order valence-electron chi connectivity index (χ2n) is 10.7. The smallest absolute Gasteiger partial charge is 0.252 e. The molecule has 192 valence electrons. The van der Waals surface area contributed by atoms with Crippen molar-refractivity contribution in [2.75, 3.05) is 10.6 Å². The first-order valence-corrected chi connectivity index (χ1v) is 13.1. The van der Waals surface area contributed by atoms with Crippen LogP contribution < -0.4 is 15.4 Å². The van der Waals surface area contributed by atoms with Gasteiger partial charge < -0.3 is 15.4 Å². The summed E-state index contributed by atoms with van der Waals surface area (Å²) in [4.78, 5) is 26.3. The molecule has 4 rings (SSSR count). The molecule has 7 heteroatoms. The highest BCUT2D eigenvalue weighted by molar-refractivity contribution is 6.32. The molecular weight excluding hydrogens is 479 g/mol. The minimum absolute atomic E-state index is 0.00648. The summed E-state index contributed by atoms with van der Waals surface area (Å²) in [6.07, 6.45) is 6.64. The van der Waals surface area contributed by atoms with E-state index in [4.69, 9.17) is 16.3 Å². The second kappa shape index (κ2) is 11.0. The number of amides is 2. The number of hydrogen-bond acceptors (Lipinski definition) is 3. The fourth-order valence-corrected chi connectivity index (χ4v) is 4.96. The molecule has 2 aromatic carbocycles. The van der Waals surface area contributed by atoms with Crippen molar-refractivity contribution in [2.24, 2.45) is 0 Å². The van der Waals surface area contributed by atoms with E-state index in [2.05, 4.69) is 31.4 Å². The number of carbonyl (C=O) groups excluding carboxylic acids is 2. The van der Waals surface area contributed by atoms with Crippen LogP contribution in [0.1, 0.15) is 77.7 Å². The molecule has 0 spiro atoms. The Balaban J connectivity index is 1.51. The van der Waals surface area contributed by atoms with Crippen molar-refractivity contribution in [3.63, 3.8) is 0 Å². The van der Waals surface area contributed by atoms with Gasteiger partial charge in [-0.2, -0.15) is 0 Å². The van der Waals surface area contributed by atoms with Gasteiger partial charge in [-0.05, 0) is 80.5 Å². The largest absolute Gasteiger partial charge is 0.489 e. The first kappa shape index (κ1) is 26.2. The van der Waals surface area contributed by atoms with Gasteiger partial charge in [0.1, 0.15) is 11.6 Å². The lowest BCUT2D eigenvalue weighted by Gasteiger charge is -2.21. The Morgan fingerprint density at radius 3 is 2.08 bits per heavy atom. The Labute approximate surface area is 217 Å². The molecule has 0 heterocycles. The molecular formula is C29H34ClFN2O3. The standard InChI is InChI=1S/C29H34ClFN2O3/c1-29(2,3)18-12-14-19(15-13-18)32-27(34)21-10-6-7-11-22(21)28(35)33-25-17-26(23(30)16-24(25)31)36-20-8-4-5-9-20/h12-17,20H,4-11H2,1-3H3,(H,32,34)(H,33,35). The molecule has 2 aliphatic rings. The topological polar surface area (TPSA) is 67.4 Å². The van der Waals surface area contributed by atoms with E-state index < -0.39 is 11.7 Å². The molecule has 0 radical (unpaired) electrons. The SMILES string of the molecule is CC(C)(C)c1ccc(NC(=O)C2=C(C(=O)Nc3cc(OC4CCCC4)c(Cl)cc3F)CCCC2)cc1. The van der Waals surface area contributed by atoms with Crippen LogP contribution >= 0.6 is 11.6 Å². The van der Waals surface area contributed by atoms with E-state index in [0.717, 1.165) is 44.6 Å². The number of hydrogen-bond donors (Lipinski definition) is 2. The molecule has 36 heavy (non-hydrogen) atoms. The zero-order chi connectivity index (χ0) is 25.9. The lowest BCUT2D eigenvalue weighted by molar-refractivity contribution is -0.115. The van der Waals surface area contributed by atoms with E-state index in [1.54, 1.807) is 0 Å². The fourth-order valence-electron chi connectivity index (χ4n) is 4.77. The third-order valence-corrected chi connectivity index (χ3v) is 7.19. The highest BCUT2D eigenvalue weighted by atomic mass is 35.5. The molecule has 0 saturated heterocycles. The summed E-state index contributed by atoms with van der Waals surface area (Å²) >= 11 is 6.20. The second-order valence-corrected chi connectivity index (χ2v) is 11.1. The number of nitrogens with one attached hydrogen (secondary N) is 2. The van der Waals surface area contributed by atoms with Crippen molar-refractivity contribution < 1.29 is 18.7 Å². The quantitative estimate of drug-likeness (QED) is 0.420. The molecule has 0 aliphatic heterocycles. The monoisotopic (exact) mass is 512 g/mol. The van der Waals surface area contributed by atoms with Gasteiger partial charge in [0.05, 0.1) is 16.8 Å². The third-order valence-electron chi connectivity index (χ3n) is 6.89. The third kappa shape index (κ3) is 6.28. The molecule has 2 aromatic rings. The van der Waals surface area contributed by atoms with Gasteiger partial charge in [0, 0.05) is 22.9 Å². The lowest BCUT2D eigenvalue weighted by Crippen LogP contribution is -2.25. The lowest BCUT2D eigenvalue weighted by atomic mass is 9.87. The predicted octanol–water partition coefficient (Wildman–Crippen LogP) is 7.55. The van der Waals surface area contributed by atoms with Crippen LogP contribution in [0.15, 0.2) is 47.5 Å². The minimum atomic E-state index is -0.645. The summed E-state index contributed by atoms with van der Waals surface area (Å²) < 4.78 is 20.6. The van der Waals surface area contributed by atoms with Gasteiger partial charge in [-0.3, -0.25) is 9.59 Å². The summed E-state index contributed by atoms with van der Waals surface area (Å²) in [5.74, 6) is -1.07. The number of benzene rings is 2. The summed E-state index contributed by atoms with van der Waals surface area (Å²) in [7, 11) is 0. The number of halogens is 2. The molecule has 0 atom stereocenters. The zero-order valence-corrected chi connectivity index (χ0v) is 21.9. The van der Waals surface area contributed by atoms with Crippen LogP contribution in [-0.4, -0.2) is 17.9 Å². The Morgan fingerprint density at radius 2 is 1.50 bits per heavy atom. The van der Waals surface area contributed by atoms with E-state index >= 15 is 0 Å². The van der Waals surface area contributed by atoms with Crippen LogP contribution in [0.3, 0.4) is 0 Å². The maximum atomic E-state index is 14.7. The van der Waals surface area contributed by atoms with Gasteiger partial charge >= 0.3 is 0 Å². The van der Waals surface area contributed by atoms with Crippen LogP contribution in [0.2, 0.25) is 5.02 Å². The molecule has 2 amide bonds. The van der Waals surface area contributed by atoms with Gasteiger partial charge in [-0.15, -0.1) is 0 Å². The Bertz CT molecular complexity index is 1160. The summed E-state index contributed by atoms with van der Waals surface area (Å²) in [5, 5.41) is 5.75. The average molecular weight is 513 g/mol. The van der Waals surface area contributed by atoms with Crippen molar-refractivity contribution in [3.8, 4) is 5.75 Å². The Hall–Kier alpha value is -2.86. The highest BCUT2D eigenvalue weighted by Crippen LogP contribution is 2.35. The minimum Gasteiger partial charge on any atom is -0.489 e. The first-order chi connectivity index (χ1) is 17.1. The van der Waals surface area contributed by atoms with Crippen LogP contribution in [0.5, 0.6) is 5.75 Å². The van der Waals surface area contributed by atoms with E-state index in [1.807, 2.05) is 24.3 Å². The van der Waals surface area contributed by atoms with Crippen molar-refractivity contribution in [3.05, 3.63) is 63.9 Å². The highest BCUT2D eigenvalue weighted by Gasteiger charge is 2.26. The summed E-state index contributed by atoms with van der Waals surface area (Å²) in [5.41, 5.74) is 2.67. The van der Waals surface area contributed by atoms with E-state index in [1.165, 1.54) is 11.6 Å². The van der Waals surface area contributed by atoms with E-state index in [9.17, 15) is 14.0 Å². The Kier molecular flexibility index (Phi) is 8.04. The molecule has 2 aliphatic carbocycles. The zero-order valence-electron chi connectivity index (χ0n) is 21.2. The van der Waals surface area contributed by atoms with Gasteiger partial charge in [-0.1, -0.05) is 44.5 Å². The molecule has 0 bridgehead atoms. The average Bonchev–Trinajstić information content (AvgIpc) is 3.35. The van der Waals surface area contributed by atoms with Crippen molar-refractivity contribution in [2.45, 2.75) is 83.7 Å². The Morgan fingerprint density at radius 1 is 0.917 bits per heavy atom. The maximum Gasteiger partial charge on any atom is 0.252 e. The van der Waals surface area contributed by atoms with Crippen molar-refractivity contribution in [1.82, 2.24) is 0 Å². The number of rotatable bonds is 6. The van der Waals surface area contributed by atoms with Crippen molar-refractivity contribution in [1.29, 1.82) is 0 Å². The van der Waals surface area contributed by atoms with Crippen molar-refractivity contribution >= 4 is 34.8 Å². The van der Waals surface area contributed by atoms with Crippen LogP contribution in [0.25, 0.3) is 0 Å². The first-order valence-electron chi connectivity index (χ1n) is 12.7. The van der Waals surface area contributed by atoms with E-state index in [-0.39, 0.29) is 28.1 Å². The number of anilines is 2. The van der Waals surface area contributed by atoms with Gasteiger partial charge in [0.25, 0.3) is 11.8 Å². The fraction of sp³-hybridized carbons (Fsp3) is 0.448.